The molecule has 0 radical (unpaired) electrons. The van der Waals surface area contributed by atoms with Gasteiger partial charge in [0.25, 0.3) is 0 Å². The van der Waals surface area contributed by atoms with E-state index in [0.717, 1.165) is 31.6 Å². The first-order chi connectivity index (χ1) is 7.31. The summed E-state index contributed by atoms with van der Waals surface area (Å²) < 4.78 is 5.68. The summed E-state index contributed by atoms with van der Waals surface area (Å²) in [7, 11) is 0. The van der Waals surface area contributed by atoms with E-state index in [9.17, 15) is 0 Å². The molecule has 0 spiro atoms. The lowest BCUT2D eigenvalue weighted by molar-refractivity contribution is 0.314. The molecule has 0 aromatic heterocycles. The van der Waals surface area contributed by atoms with E-state index in [-0.39, 0.29) is 0 Å². The van der Waals surface area contributed by atoms with Crippen LogP contribution in [0, 0.1) is 0 Å². The predicted molar refractivity (Wildman–Crippen MR) is 64.4 cm³/mol. The average molecular weight is 207 g/mol. The molecule has 0 saturated carbocycles. The molecule has 1 aromatic carbocycles. The molecule has 1 aromatic rings. The zero-order valence-electron chi connectivity index (χ0n) is 9.75. The van der Waals surface area contributed by atoms with Crippen LogP contribution in [0.15, 0.2) is 18.2 Å². The molecule has 0 saturated heterocycles. The van der Waals surface area contributed by atoms with E-state index in [2.05, 4.69) is 32.0 Å². The van der Waals surface area contributed by atoms with Gasteiger partial charge in [0.05, 0.1) is 6.61 Å². The fourth-order valence-electron chi connectivity index (χ4n) is 1.58. The van der Waals surface area contributed by atoms with Gasteiger partial charge in [-0.3, -0.25) is 0 Å². The first-order valence-electron chi connectivity index (χ1n) is 5.76. The van der Waals surface area contributed by atoms with E-state index in [4.69, 9.17) is 10.5 Å². The Bertz CT molecular complexity index is 297. The third-order valence-electron chi connectivity index (χ3n) is 2.40. The second-order valence-corrected chi connectivity index (χ2v) is 3.68. The summed E-state index contributed by atoms with van der Waals surface area (Å²) in [6.07, 6.45) is 3.01. The summed E-state index contributed by atoms with van der Waals surface area (Å²) in [4.78, 5) is 0. The third kappa shape index (κ3) is 3.56. The maximum absolute atomic E-state index is 5.68. The molecule has 0 heterocycles. The Morgan fingerprint density at radius 1 is 1.27 bits per heavy atom. The number of rotatable bonds is 6. The number of hydrogen-bond donors (Lipinski definition) is 1. The van der Waals surface area contributed by atoms with Crippen LogP contribution in [0.2, 0.25) is 0 Å². The number of benzene rings is 1. The van der Waals surface area contributed by atoms with Gasteiger partial charge in [-0.1, -0.05) is 26.0 Å². The van der Waals surface area contributed by atoms with Crippen molar-refractivity contribution in [3.63, 3.8) is 0 Å². The monoisotopic (exact) mass is 207 g/mol. The molecule has 15 heavy (non-hydrogen) atoms. The molecule has 0 atom stereocenters. The normalized spacial score (nSPS) is 10.3. The van der Waals surface area contributed by atoms with Crippen molar-refractivity contribution in [3.8, 4) is 5.75 Å². The van der Waals surface area contributed by atoms with Crippen molar-refractivity contribution in [2.45, 2.75) is 33.1 Å². The molecule has 0 aliphatic rings. The topological polar surface area (TPSA) is 35.2 Å². The van der Waals surface area contributed by atoms with Crippen molar-refractivity contribution in [2.24, 2.45) is 5.73 Å². The third-order valence-corrected chi connectivity index (χ3v) is 2.40. The van der Waals surface area contributed by atoms with Gasteiger partial charge in [0.15, 0.2) is 0 Å². The first kappa shape index (κ1) is 12.1. The zero-order chi connectivity index (χ0) is 11.1. The maximum atomic E-state index is 5.68. The van der Waals surface area contributed by atoms with Crippen LogP contribution in [0.1, 0.15) is 31.4 Å². The molecule has 0 amide bonds. The Hall–Kier alpha value is -1.02. The Morgan fingerprint density at radius 2 is 2.07 bits per heavy atom. The minimum absolute atomic E-state index is 0.707. The van der Waals surface area contributed by atoms with Crippen LogP contribution in [-0.4, -0.2) is 13.2 Å². The van der Waals surface area contributed by atoms with Gasteiger partial charge in [-0.15, -0.1) is 0 Å². The van der Waals surface area contributed by atoms with Crippen LogP contribution in [0.25, 0.3) is 0 Å². The summed E-state index contributed by atoms with van der Waals surface area (Å²) in [5.41, 5.74) is 8.13. The van der Waals surface area contributed by atoms with Gasteiger partial charge in [0.2, 0.25) is 0 Å². The average Bonchev–Trinajstić information content (AvgIpc) is 2.27. The Balaban J connectivity index is 2.78. The second kappa shape index (κ2) is 6.46. The minimum Gasteiger partial charge on any atom is -0.493 e. The molecule has 0 unspecified atom stereocenters. The molecule has 2 heteroatoms. The van der Waals surface area contributed by atoms with Gasteiger partial charge in [-0.05, 0) is 43.0 Å². The SMILES string of the molecule is CCCOc1ccc(CCN)cc1CC. The van der Waals surface area contributed by atoms with Crippen LogP contribution < -0.4 is 10.5 Å². The summed E-state index contributed by atoms with van der Waals surface area (Å²) in [6, 6.07) is 6.38. The second-order valence-electron chi connectivity index (χ2n) is 3.68. The maximum Gasteiger partial charge on any atom is 0.122 e. The van der Waals surface area contributed by atoms with Gasteiger partial charge in [-0.25, -0.2) is 0 Å². The number of hydrogen-bond acceptors (Lipinski definition) is 2. The molecule has 2 nitrogen and oxygen atoms in total. The highest BCUT2D eigenvalue weighted by Crippen LogP contribution is 2.21. The summed E-state index contributed by atoms with van der Waals surface area (Å²) in [5, 5.41) is 0. The molecule has 0 aliphatic carbocycles. The minimum atomic E-state index is 0.707. The molecule has 84 valence electrons. The first-order valence-corrected chi connectivity index (χ1v) is 5.76. The molecular formula is C13H21NO. The van der Waals surface area contributed by atoms with Crippen LogP contribution in [-0.2, 0) is 12.8 Å². The lowest BCUT2D eigenvalue weighted by Crippen LogP contribution is -2.04. The van der Waals surface area contributed by atoms with Crippen molar-refractivity contribution in [1.29, 1.82) is 0 Å². The van der Waals surface area contributed by atoms with Crippen molar-refractivity contribution >= 4 is 0 Å². The number of aryl methyl sites for hydroxylation is 1. The van der Waals surface area contributed by atoms with E-state index in [1.165, 1.54) is 11.1 Å². The van der Waals surface area contributed by atoms with Gasteiger partial charge in [-0.2, -0.15) is 0 Å². The highest BCUT2D eigenvalue weighted by Gasteiger charge is 2.02. The summed E-state index contributed by atoms with van der Waals surface area (Å²) >= 11 is 0. The number of nitrogens with two attached hydrogens (primary N) is 1. The van der Waals surface area contributed by atoms with Gasteiger partial charge < -0.3 is 10.5 Å². The number of ether oxygens (including phenoxy) is 1. The van der Waals surface area contributed by atoms with E-state index in [1.54, 1.807) is 0 Å². The Morgan fingerprint density at radius 3 is 2.67 bits per heavy atom. The van der Waals surface area contributed by atoms with Crippen molar-refractivity contribution in [2.75, 3.05) is 13.2 Å². The highest BCUT2D eigenvalue weighted by molar-refractivity contribution is 5.37. The summed E-state index contributed by atoms with van der Waals surface area (Å²) in [5.74, 6) is 1.03. The fraction of sp³-hybridized carbons (Fsp3) is 0.538. The largest absolute Gasteiger partial charge is 0.493 e. The van der Waals surface area contributed by atoms with E-state index >= 15 is 0 Å². The van der Waals surface area contributed by atoms with Crippen LogP contribution in [0.4, 0.5) is 0 Å². The van der Waals surface area contributed by atoms with Gasteiger partial charge in [0.1, 0.15) is 5.75 Å². The predicted octanol–water partition coefficient (Wildman–Crippen LogP) is 2.54. The zero-order valence-corrected chi connectivity index (χ0v) is 9.75. The lowest BCUT2D eigenvalue weighted by atomic mass is 10.1. The van der Waals surface area contributed by atoms with Crippen LogP contribution >= 0.6 is 0 Å². The Labute approximate surface area is 92.4 Å². The standard InChI is InChI=1S/C13H21NO/c1-3-9-15-13-6-5-11(7-8-14)10-12(13)4-2/h5-6,10H,3-4,7-9,14H2,1-2H3. The van der Waals surface area contributed by atoms with Gasteiger partial charge >= 0.3 is 0 Å². The van der Waals surface area contributed by atoms with E-state index < -0.39 is 0 Å². The highest BCUT2D eigenvalue weighted by atomic mass is 16.5. The van der Waals surface area contributed by atoms with Crippen molar-refractivity contribution in [1.82, 2.24) is 0 Å². The van der Waals surface area contributed by atoms with Crippen molar-refractivity contribution in [3.05, 3.63) is 29.3 Å². The Kier molecular flexibility index (Phi) is 5.19. The fourth-order valence-corrected chi connectivity index (χ4v) is 1.58. The molecular weight excluding hydrogens is 186 g/mol. The van der Waals surface area contributed by atoms with Crippen LogP contribution in [0.5, 0.6) is 5.75 Å². The summed E-state index contributed by atoms with van der Waals surface area (Å²) in [6.45, 7) is 5.77. The van der Waals surface area contributed by atoms with Crippen molar-refractivity contribution < 1.29 is 4.74 Å². The smallest absolute Gasteiger partial charge is 0.122 e. The van der Waals surface area contributed by atoms with E-state index in [1.807, 2.05) is 0 Å². The van der Waals surface area contributed by atoms with Gasteiger partial charge in [0, 0.05) is 0 Å². The molecule has 0 bridgehead atoms. The molecule has 2 N–H and O–H groups in total. The van der Waals surface area contributed by atoms with E-state index in [0.29, 0.717) is 6.54 Å². The molecule has 1 rings (SSSR count). The lowest BCUT2D eigenvalue weighted by Gasteiger charge is -2.11. The molecule has 0 fully saturated rings. The van der Waals surface area contributed by atoms with Crippen LogP contribution in [0.3, 0.4) is 0 Å². The molecule has 0 aliphatic heterocycles. The quantitative estimate of drug-likeness (QED) is 0.778.